The smallest absolute Gasteiger partial charge is 0.264 e. The second-order valence-corrected chi connectivity index (χ2v) is 9.57. The predicted molar refractivity (Wildman–Crippen MR) is 127 cm³/mol. The molecule has 0 fully saturated rings. The molecular weight excluding hydrogens is 393 g/mol. The number of nitrogens with zero attached hydrogens (tertiary/aromatic N) is 1. The Morgan fingerprint density at radius 1 is 0.828 bits per heavy atom. The summed E-state index contributed by atoms with van der Waals surface area (Å²) in [6, 6.07) is 8.50. The van der Waals surface area contributed by atoms with E-state index in [1.165, 1.54) is 75.5 Å². The molecule has 163 valence electrons. The van der Waals surface area contributed by atoms with Crippen molar-refractivity contribution in [3.63, 3.8) is 0 Å². The van der Waals surface area contributed by atoms with Gasteiger partial charge in [0, 0.05) is 48.3 Å². The van der Waals surface area contributed by atoms with Gasteiger partial charge in [0.2, 0.25) is 0 Å². The fraction of sp³-hybridized carbons (Fsp3) is 0.739. The first kappa shape index (κ1) is 28.9. The number of aryl methyl sites for hydroxylation is 1. The van der Waals surface area contributed by atoms with Crippen LogP contribution in [0.5, 0.6) is 0 Å². The van der Waals surface area contributed by atoms with Gasteiger partial charge in [0.15, 0.2) is 0 Å². The van der Waals surface area contributed by atoms with Gasteiger partial charge in [-0.3, -0.25) is 4.55 Å². The van der Waals surface area contributed by atoms with Crippen molar-refractivity contribution in [2.45, 2.75) is 90.9 Å². The Balaban J connectivity index is 0.00000784. The Bertz CT molecular complexity index is 622. The van der Waals surface area contributed by atoms with Crippen LogP contribution < -0.4 is 4.90 Å². The summed E-state index contributed by atoms with van der Waals surface area (Å²) < 4.78 is 30.7. The van der Waals surface area contributed by atoms with Crippen LogP contribution in [0.1, 0.15) is 89.5 Å². The molecule has 1 rings (SSSR count). The van der Waals surface area contributed by atoms with E-state index in [0.717, 1.165) is 19.5 Å². The first-order valence-electron chi connectivity index (χ1n) is 11.2. The minimum absolute atomic E-state index is 0. The van der Waals surface area contributed by atoms with E-state index in [4.69, 9.17) is 4.55 Å². The van der Waals surface area contributed by atoms with Crippen molar-refractivity contribution < 1.29 is 13.0 Å². The molecule has 0 amide bonds. The number of hydrogen-bond donors (Lipinski definition) is 1. The van der Waals surface area contributed by atoms with Crippen LogP contribution in [0.2, 0.25) is 0 Å². The zero-order chi connectivity index (χ0) is 20.7. The zero-order valence-electron chi connectivity index (χ0n) is 19.0. The molecule has 4 nitrogen and oxygen atoms in total. The van der Waals surface area contributed by atoms with Gasteiger partial charge in [0.25, 0.3) is 10.1 Å². The van der Waals surface area contributed by atoms with Gasteiger partial charge in [0.1, 0.15) is 0 Å². The summed E-state index contributed by atoms with van der Waals surface area (Å²) in [7, 11) is -3.85. The molecule has 0 atom stereocenters. The molecule has 0 bridgehead atoms. The van der Waals surface area contributed by atoms with Crippen molar-refractivity contribution in [3.8, 4) is 0 Å². The third-order valence-electron chi connectivity index (χ3n) is 5.23. The van der Waals surface area contributed by atoms with Crippen LogP contribution in [0.25, 0.3) is 0 Å². The van der Waals surface area contributed by atoms with E-state index in [0.29, 0.717) is 6.42 Å². The summed E-state index contributed by atoms with van der Waals surface area (Å²) in [4.78, 5) is 2.36. The molecule has 0 saturated heterocycles. The van der Waals surface area contributed by atoms with Crippen molar-refractivity contribution >= 4 is 45.4 Å². The van der Waals surface area contributed by atoms with Gasteiger partial charge < -0.3 is 4.90 Å². The number of unbranched alkanes of at least 4 members (excludes halogenated alkanes) is 10. The molecule has 0 aliphatic heterocycles. The van der Waals surface area contributed by atoms with Crippen LogP contribution in [-0.4, -0.2) is 61.4 Å². The van der Waals surface area contributed by atoms with E-state index in [-0.39, 0.29) is 35.3 Å². The van der Waals surface area contributed by atoms with Gasteiger partial charge in [-0.2, -0.15) is 8.42 Å². The second kappa shape index (κ2) is 17.6. The van der Waals surface area contributed by atoms with Crippen molar-refractivity contribution in [3.05, 3.63) is 29.8 Å². The number of anilines is 1. The summed E-state index contributed by atoms with van der Waals surface area (Å²) in [6.45, 7) is 6.19. The van der Waals surface area contributed by atoms with Crippen molar-refractivity contribution in [2.75, 3.05) is 23.7 Å². The van der Waals surface area contributed by atoms with E-state index < -0.39 is 10.1 Å². The molecule has 0 aromatic heterocycles. The SMILES string of the molecule is CCCCCCCCCCCCN(CCCCS(=O)(=O)O)c1cccc(C)c1.[Na]. The van der Waals surface area contributed by atoms with E-state index in [1.54, 1.807) is 0 Å². The maximum Gasteiger partial charge on any atom is 0.264 e. The van der Waals surface area contributed by atoms with Gasteiger partial charge >= 0.3 is 0 Å². The van der Waals surface area contributed by atoms with Gasteiger partial charge in [-0.1, -0.05) is 76.8 Å². The number of hydrogen-bond acceptors (Lipinski definition) is 3. The average molecular weight is 435 g/mol. The predicted octanol–water partition coefficient (Wildman–Crippen LogP) is 6.01. The third-order valence-corrected chi connectivity index (χ3v) is 6.03. The van der Waals surface area contributed by atoms with Crippen LogP contribution >= 0.6 is 0 Å². The van der Waals surface area contributed by atoms with Crippen LogP contribution in [0.15, 0.2) is 24.3 Å². The molecule has 1 N–H and O–H groups in total. The Morgan fingerprint density at radius 3 is 1.86 bits per heavy atom. The molecule has 6 heteroatoms. The zero-order valence-corrected chi connectivity index (χ0v) is 21.9. The molecule has 29 heavy (non-hydrogen) atoms. The minimum atomic E-state index is -3.85. The standard InChI is InChI=1S/C23H41NO3S.Na/c1-3-4-5-6-7-8-9-10-11-12-18-24(19-13-14-20-28(25,26)27)23-17-15-16-22(2)21-23;/h15-17,21H,3-14,18-20H2,1-2H3,(H,25,26,27);. The van der Waals surface area contributed by atoms with Crippen molar-refractivity contribution in [2.24, 2.45) is 0 Å². The summed E-state index contributed by atoms with van der Waals surface area (Å²) in [5.74, 6) is -0.146. The van der Waals surface area contributed by atoms with E-state index in [9.17, 15) is 8.42 Å². The van der Waals surface area contributed by atoms with Gasteiger partial charge in [-0.25, -0.2) is 0 Å². The number of rotatable bonds is 17. The van der Waals surface area contributed by atoms with Crippen molar-refractivity contribution in [1.82, 2.24) is 0 Å². The molecule has 0 aliphatic rings. The van der Waals surface area contributed by atoms with Crippen molar-refractivity contribution in [1.29, 1.82) is 0 Å². The Kier molecular flexibility index (Phi) is 17.6. The van der Waals surface area contributed by atoms with Gasteiger partial charge in [-0.15, -0.1) is 0 Å². The van der Waals surface area contributed by atoms with E-state index in [1.807, 2.05) is 0 Å². The summed E-state index contributed by atoms with van der Waals surface area (Å²) in [5, 5.41) is 0. The van der Waals surface area contributed by atoms with E-state index in [2.05, 4.69) is 43.0 Å². The Hall–Kier alpha value is -0.0700. The molecule has 1 aromatic carbocycles. The molecule has 0 spiro atoms. The first-order chi connectivity index (χ1) is 13.4. The quantitative estimate of drug-likeness (QED) is 0.185. The van der Waals surface area contributed by atoms with Gasteiger partial charge in [-0.05, 0) is 43.9 Å². The maximum atomic E-state index is 10.9. The molecule has 0 saturated carbocycles. The normalized spacial score (nSPS) is 11.3. The first-order valence-corrected chi connectivity index (χ1v) is 12.8. The Labute approximate surface area is 201 Å². The topological polar surface area (TPSA) is 57.6 Å². The third kappa shape index (κ3) is 16.3. The van der Waals surface area contributed by atoms with E-state index >= 15 is 0 Å². The molecule has 0 heterocycles. The van der Waals surface area contributed by atoms with Crippen LogP contribution in [0, 0.1) is 6.92 Å². The largest absolute Gasteiger partial charge is 0.372 e. The molecule has 0 aliphatic carbocycles. The fourth-order valence-electron chi connectivity index (χ4n) is 3.57. The van der Waals surface area contributed by atoms with Gasteiger partial charge in [0.05, 0.1) is 5.75 Å². The average Bonchev–Trinajstić information content (AvgIpc) is 2.64. The molecule has 1 radical (unpaired) electrons. The summed E-state index contributed by atoms with van der Waals surface area (Å²) in [6.07, 6.45) is 14.5. The molecular formula is C23H41NNaO3S. The molecule has 1 aromatic rings. The minimum Gasteiger partial charge on any atom is -0.372 e. The fourth-order valence-corrected chi connectivity index (χ4v) is 4.14. The number of benzene rings is 1. The van der Waals surface area contributed by atoms with Crippen LogP contribution in [0.3, 0.4) is 0 Å². The maximum absolute atomic E-state index is 10.9. The second-order valence-electron chi connectivity index (χ2n) is 8.00. The summed E-state index contributed by atoms with van der Waals surface area (Å²) >= 11 is 0. The summed E-state index contributed by atoms with van der Waals surface area (Å²) in [5.41, 5.74) is 2.45. The van der Waals surface area contributed by atoms with Crippen LogP contribution in [0.4, 0.5) is 5.69 Å². The van der Waals surface area contributed by atoms with Crippen LogP contribution in [-0.2, 0) is 10.1 Å². The molecule has 0 unspecified atom stereocenters. The Morgan fingerprint density at radius 2 is 1.34 bits per heavy atom. The monoisotopic (exact) mass is 434 g/mol.